The number of benzene rings is 1. The van der Waals surface area contributed by atoms with Crippen LogP contribution in [0.2, 0.25) is 5.02 Å². The number of aromatic nitrogens is 2. The summed E-state index contributed by atoms with van der Waals surface area (Å²) in [5.74, 6) is 0.908. The van der Waals surface area contributed by atoms with Crippen LogP contribution in [-0.2, 0) is 27.5 Å². The first kappa shape index (κ1) is 15.0. The molecule has 2 rings (SSSR count). The zero-order valence-electron chi connectivity index (χ0n) is 11.2. The molecular formula is C13H15ClN2O3S. The molecule has 1 aromatic carbocycles. The molecular weight excluding hydrogens is 300 g/mol. The fourth-order valence-electron chi connectivity index (χ4n) is 1.74. The van der Waals surface area contributed by atoms with Crippen molar-refractivity contribution in [3.8, 4) is 0 Å². The summed E-state index contributed by atoms with van der Waals surface area (Å²) in [6, 6.07) is 5.38. The van der Waals surface area contributed by atoms with Gasteiger partial charge in [0.2, 0.25) is 0 Å². The van der Waals surface area contributed by atoms with Crippen LogP contribution in [0.4, 0.5) is 0 Å². The maximum absolute atomic E-state index is 10.9. The summed E-state index contributed by atoms with van der Waals surface area (Å²) >= 11 is 6.21. The van der Waals surface area contributed by atoms with E-state index in [1.54, 1.807) is 18.3 Å². The molecule has 0 atom stereocenters. The van der Waals surface area contributed by atoms with E-state index in [9.17, 15) is 8.42 Å². The Kier molecular flexibility index (Phi) is 4.47. The van der Waals surface area contributed by atoms with Crippen molar-refractivity contribution in [1.82, 2.24) is 9.55 Å². The maximum atomic E-state index is 10.9. The standard InChI is InChI=1S/C13H15ClN2O3S/c1-10-15-5-6-16(10)8-12-4-3-11(7-13(12)14)9-19-20(2,17)18/h3-7H,8-9H2,1-2H3. The molecule has 0 aliphatic rings. The summed E-state index contributed by atoms with van der Waals surface area (Å²) in [5, 5.41) is 0.577. The molecule has 5 nitrogen and oxygen atoms in total. The number of rotatable bonds is 5. The van der Waals surface area contributed by atoms with Crippen LogP contribution < -0.4 is 0 Å². The van der Waals surface area contributed by atoms with Gasteiger partial charge in [-0.05, 0) is 24.1 Å². The molecule has 7 heteroatoms. The molecule has 0 bridgehead atoms. The lowest BCUT2D eigenvalue weighted by Gasteiger charge is -2.09. The molecule has 0 saturated carbocycles. The quantitative estimate of drug-likeness (QED) is 0.795. The molecule has 0 N–H and O–H groups in total. The zero-order valence-corrected chi connectivity index (χ0v) is 12.8. The number of hydrogen-bond acceptors (Lipinski definition) is 4. The van der Waals surface area contributed by atoms with Gasteiger partial charge >= 0.3 is 0 Å². The van der Waals surface area contributed by atoms with Gasteiger partial charge in [0, 0.05) is 17.4 Å². The highest BCUT2D eigenvalue weighted by Crippen LogP contribution is 2.20. The van der Waals surface area contributed by atoms with Crippen molar-refractivity contribution < 1.29 is 12.6 Å². The predicted octanol–water partition coefficient (Wildman–Crippen LogP) is 2.37. The molecule has 0 fully saturated rings. The minimum atomic E-state index is -3.45. The molecule has 108 valence electrons. The Hall–Kier alpha value is -1.37. The Morgan fingerprint density at radius 1 is 1.40 bits per heavy atom. The van der Waals surface area contributed by atoms with Crippen molar-refractivity contribution in [1.29, 1.82) is 0 Å². The highest BCUT2D eigenvalue weighted by Gasteiger charge is 2.07. The number of aryl methyl sites for hydroxylation is 1. The summed E-state index contributed by atoms with van der Waals surface area (Å²) in [6.07, 6.45) is 4.63. The minimum Gasteiger partial charge on any atom is -0.331 e. The Balaban J connectivity index is 2.12. The van der Waals surface area contributed by atoms with E-state index >= 15 is 0 Å². The van der Waals surface area contributed by atoms with E-state index in [0.717, 1.165) is 17.6 Å². The van der Waals surface area contributed by atoms with Crippen molar-refractivity contribution >= 4 is 21.7 Å². The summed E-state index contributed by atoms with van der Waals surface area (Å²) < 4.78 is 28.6. The van der Waals surface area contributed by atoms with Crippen LogP contribution in [-0.4, -0.2) is 24.2 Å². The summed E-state index contributed by atoms with van der Waals surface area (Å²) in [7, 11) is -3.45. The Morgan fingerprint density at radius 3 is 2.70 bits per heavy atom. The van der Waals surface area contributed by atoms with Gasteiger partial charge in [0.25, 0.3) is 10.1 Å². The van der Waals surface area contributed by atoms with Crippen LogP contribution in [0.3, 0.4) is 0 Å². The van der Waals surface area contributed by atoms with Crippen molar-refractivity contribution in [2.75, 3.05) is 6.26 Å². The van der Waals surface area contributed by atoms with Crippen molar-refractivity contribution in [3.05, 3.63) is 52.6 Å². The second kappa shape index (κ2) is 5.95. The lowest BCUT2D eigenvalue weighted by Crippen LogP contribution is -2.04. The van der Waals surface area contributed by atoms with Crippen molar-refractivity contribution in [2.24, 2.45) is 0 Å². The topological polar surface area (TPSA) is 61.2 Å². The molecule has 0 spiro atoms. The van der Waals surface area contributed by atoms with Gasteiger partial charge in [-0.25, -0.2) is 4.98 Å². The average Bonchev–Trinajstić information content (AvgIpc) is 2.75. The van der Waals surface area contributed by atoms with Gasteiger partial charge in [-0.3, -0.25) is 4.18 Å². The van der Waals surface area contributed by atoms with Crippen LogP contribution in [0, 0.1) is 6.92 Å². The molecule has 2 aromatic rings. The Morgan fingerprint density at radius 2 is 2.15 bits per heavy atom. The summed E-state index contributed by atoms with van der Waals surface area (Å²) in [6.45, 7) is 2.53. The second-order valence-electron chi connectivity index (χ2n) is 4.49. The minimum absolute atomic E-state index is 0.0110. The fourth-order valence-corrected chi connectivity index (χ4v) is 2.35. The van der Waals surface area contributed by atoms with Crippen LogP contribution in [0.1, 0.15) is 17.0 Å². The summed E-state index contributed by atoms with van der Waals surface area (Å²) in [5.41, 5.74) is 1.66. The monoisotopic (exact) mass is 314 g/mol. The van der Waals surface area contributed by atoms with Gasteiger partial charge in [0.15, 0.2) is 0 Å². The van der Waals surface area contributed by atoms with Gasteiger partial charge in [0.05, 0.1) is 19.4 Å². The molecule has 0 aliphatic heterocycles. The van der Waals surface area contributed by atoms with Gasteiger partial charge in [0.1, 0.15) is 5.82 Å². The third kappa shape index (κ3) is 4.06. The lowest BCUT2D eigenvalue weighted by molar-refractivity contribution is 0.311. The highest BCUT2D eigenvalue weighted by atomic mass is 35.5. The molecule has 1 aromatic heterocycles. The number of nitrogens with zero attached hydrogens (tertiary/aromatic N) is 2. The first-order chi connectivity index (χ1) is 9.35. The highest BCUT2D eigenvalue weighted by molar-refractivity contribution is 7.85. The molecule has 0 unspecified atom stereocenters. The largest absolute Gasteiger partial charge is 0.331 e. The molecule has 1 heterocycles. The average molecular weight is 315 g/mol. The smallest absolute Gasteiger partial charge is 0.264 e. The van der Waals surface area contributed by atoms with Crippen LogP contribution >= 0.6 is 11.6 Å². The van der Waals surface area contributed by atoms with E-state index in [1.165, 1.54) is 0 Å². The first-order valence-electron chi connectivity index (χ1n) is 5.94. The second-order valence-corrected chi connectivity index (χ2v) is 6.55. The fraction of sp³-hybridized carbons (Fsp3) is 0.308. The first-order valence-corrected chi connectivity index (χ1v) is 8.14. The number of imidazole rings is 1. The van der Waals surface area contributed by atoms with Gasteiger partial charge < -0.3 is 4.57 Å². The Labute approximate surface area is 123 Å². The third-order valence-electron chi connectivity index (χ3n) is 2.82. The Bertz CT molecular complexity index is 710. The molecule has 0 radical (unpaired) electrons. The zero-order chi connectivity index (χ0) is 14.8. The van der Waals surface area contributed by atoms with E-state index in [2.05, 4.69) is 4.98 Å². The normalized spacial score (nSPS) is 11.8. The van der Waals surface area contributed by atoms with Crippen LogP contribution in [0.15, 0.2) is 30.6 Å². The number of hydrogen-bond donors (Lipinski definition) is 0. The van der Waals surface area contributed by atoms with E-state index in [1.807, 2.05) is 23.8 Å². The van der Waals surface area contributed by atoms with E-state index in [4.69, 9.17) is 15.8 Å². The molecule has 0 aliphatic carbocycles. The van der Waals surface area contributed by atoms with Crippen molar-refractivity contribution in [2.45, 2.75) is 20.1 Å². The van der Waals surface area contributed by atoms with Crippen molar-refractivity contribution in [3.63, 3.8) is 0 Å². The van der Waals surface area contributed by atoms with Crippen LogP contribution in [0.5, 0.6) is 0 Å². The van der Waals surface area contributed by atoms with E-state index in [-0.39, 0.29) is 6.61 Å². The van der Waals surface area contributed by atoms with Gasteiger partial charge in [-0.2, -0.15) is 8.42 Å². The van der Waals surface area contributed by atoms with E-state index in [0.29, 0.717) is 17.1 Å². The van der Waals surface area contributed by atoms with Gasteiger partial charge in [-0.15, -0.1) is 0 Å². The maximum Gasteiger partial charge on any atom is 0.264 e. The molecule has 0 amide bonds. The van der Waals surface area contributed by atoms with E-state index < -0.39 is 10.1 Å². The van der Waals surface area contributed by atoms with Gasteiger partial charge in [-0.1, -0.05) is 23.7 Å². The predicted molar refractivity (Wildman–Crippen MR) is 77.2 cm³/mol. The lowest BCUT2D eigenvalue weighted by atomic mass is 10.1. The third-order valence-corrected chi connectivity index (χ3v) is 3.72. The SMILES string of the molecule is Cc1nccn1Cc1ccc(COS(C)(=O)=O)cc1Cl. The molecule has 0 saturated heterocycles. The van der Waals surface area contributed by atoms with Crippen LogP contribution in [0.25, 0.3) is 0 Å². The molecule has 20 heavy (non-hydrogen) atoms. The number of halogens is 1. The summed E-state index contributed by atoms with van der Waals surface area (Å²) in [4.78, 5) is 4.15.